The van der Waals surface area contributed by atoms with Crippen molar-refractivity contribution in [2.45, 2.75) is 64.5 Å². The number of carbonyl (C=O) groups is 4. The van der Waals surface area contributed by atoms with Gasteiger partial charge in [-0.25, -0.2) is 0 Å². The van der Waals surface area contributed by atoms with Crippen molar-refractivity contribution in [2.75, 3.05) is 39.3 Å². The quantitative estimate of drug-likeness (QED) is 0.251. The molecule has 0 unspecified atom stereocenters. The number of piperazine rings is 1. The first-order valence-electron chi connectivity index (χ1n) is 12.7. The van der Waals surface area contributed by atoms with E-state index in [1.54, 1.807) is 32.9 Å². The molecule has 1 aromatic rings. The van der Waals surface area contributed by atoms with Gasteiger partial charge in [0.05, 0.1) is 17.7 Å². The molecule has 1 fully saturated rings. The lowest BCUT2D eigenvalue weighted by Gasteiger charge is -2.27. The van der Waals surface area contributed by atoms with Gasteiger partial charge in [-0.05, 0) is 65.1 Å². The summed E-state index contributed by atoms with van der Waals surface area (Å²) in [5.41, 5.74) is 5.14. The van der Waals surface area contributed by atoms with Gasteiger partial charge in [0.25, 0.3) is 11.8 Å². The molecule has 1 saturated heterocycles. The largest absolute Gasteiger partial charge is 0.493 e. The topological polar surface area (TPSA) is 131 Å². The average Bonchev–Trinajstić information content (AvgIpc) is 3.06. The summed E-state index contributed by atoms with van der Waals surface area (Å²) < 4.78 is 11.2. The maximum atomic E-state index is 13.2. The first-order chi connectivity index (χ1) is 17.1. The van der Waals surface area contributed by atoms with E-state index in [2.05, 4.69) is 10.2 Å². The van der Waals surface area contributed by atoms with Gasteiger partial charge in [0.15, 0.2) is 0 Å². The van der Waals surface area contributed by atoms with Crippen LogP contribution in [0.15, 0.2) is 18.2 Å². The van der Waals surface area contributed by atoms with Crippen molar-refractivity contribution in [1.29, 1.82) is 0 Å². The number of rotatable bonds is 12. The van der Waals surface area contributed by atoms with Gasteiger partial charge < -0.3 is 25.4 Å². The van der Waals surface area contributed by atoms with Crippen LogP contribution in [0.1, 0.15) is 73.6 Å². The molecule has 36 heavy (non-hydrogen) atoms. The molecular weight excluding hydrogens is 464 g/mol. The van der Waals surface area contributed by atoms with E-state index in [4.69, 9.17) is 15.2 Å². The summed E-state index contributed by atoms with van der Waals surface area (Å²) in [7, 11) is 0. The minimum atomic E-state index is -1.26. The van der Waals surface area contributed by atoms with Gasteiger partial charge in [-0.3, -0.25) is 24.1 Å². The van der Waals surface area contributed by atoms with Crippen molar-refractivity contribution >= 4 is 23.7 Å². The fourth-order valence-corrected chi connectivity index (χ4v) is 4.45. The molecule has 0 aliphatic carbocycles. The molecular formula is C26H38N4O6. The smallest absolute Gasteiger partial charge is 0.306 e. The third-order valence-electron chi connectivity index (χ3n) is 6.18. The first-order valence-corrected chi connectivity index (χ1v) is 12.7. The molecule has 3 rings (SSSR count). The maximum Gasteiger partial charge on any atom is 0.306 e. The minimum absolute atomic E-state index is 0.112. The van der Waals surface area contributed by atoms with Gasteiger partial charge in [0.2, 0.25) is 5.91 Å². The predicted molar refractivity (Wildman–Crippen MR) is 134 cm³/mol. The molecule has 2 aliphatic rings. The van der Waals surface area contributed by atoms with Gasteiger partial charge in [-0.2, -0.15) is 0 Å². The molecule has 10 nitrogen and oxygen atoms in total. The fraction of sp³-hybridized carbons (Fsp3) is 0.615. The Labute approximate surface area is 212 Å². The Balaban J connectivity index is 1.58. The lowest BCUT2D eigenvalue weighted by atomic mass is 10.1. The number of benzene rings is 1. The highest BCUT2D eigenvalue weighted by Gasteiger charge is 2.44. The van der Waals surface area contributed by atoms with E-state index in [1.165, 1.54) is 6.07 Å². The molecule has 3 amide bonds. The third kappa shape index (κ3) is 7.27. The van der Waals surface area contributed by atoms with Crippen molar-refractivity contribution < 1.29 is 28.7 Å². The summed E-state index contributed by atoms with van der Waals surface area (Å²) in [5, 5.41) is 3.34. The average molecular weight is 503 g/mol. The van der Waals surface area contributed by atoms with Crippen LogP contribution in [-0.2, 0) is 14.3 Å². The van der Waals surface area contributed by atoms with Crippen molar-refractivity contribution in [2.24, 2.45) is 5.73 Å². The Hall–Kier alpha value is -2.98. The SMILES string of the molecule is CC(C)(C)OC(=O)CC[C@@H](C(N)=O)N1C(=O)c2cccc(OCCCCCN3CCNCC3)c2C1=O. The number of amides is 3. The highest BCUT2D eigenvalue weighted by Crippen LogP contribution is 2.33. The molecule has 0 bridgehead atoms. The first kappa shape index (κ1) is 27.6. The highest BCUT2D eigenvalue weighted by atomic mass is 16.6. The Bertz CT molecular complexity index is 968. The number of nitrogens with two attached hydrogens (primary N) is 1. The number of carbonyl (C=O) groups excluding carboxylic acids is 4. The second kappa shape index (κ2) is 12.3. The number of fused-ring (bicyclic) bond motifs is 1. The number of hydrogen-bond acceptors (Lipinski definition) is 8. The van der Waals surface area contributed by atoms with E-state index >= 15 is 0 Å². The number of nitrogens with one attached hydrogen (secondary N) is 1. The van der Waals surface area contributed by atoms with E-state index in [1.807, 2.05) is 0 Å². The van der Waals surface area contributed by atoms with Crippen LogP contribution in [0, 0.1) is 0 Å². The second-order valence-electron chi connectivity index (χ2n) is 10.2. The number of ether oxygens (including phenoxy) is 2. The third-order valence-corrected chi connectivity index (χ3v) is 6.18. The summed E-state index contributed by atoms with van der Waals surface area (Å²) in [6.07, 6.45) is 2.61. The number of imide groups is 1. The Morgan fingerprint density at radius 3 is 2.47 bits per heavy atom. The normalized spacial score (nSPS) is 17.1. The zero-order chi connectivity index (χ0) is 26.3. The van der Waals surface area contributed by atoms with Crippen LogP contribution in [0.5, 0.6) is 5.75 Å². The summed E-state index contributed by atoms with van der Waals surface area (Å²) in [5.74, 6) is -2.35. The maximum absolute atomic E-state index is 13.2. The second-order valence-corrected chi connectivity index (χ2v) is 10.2. The fourth-order valence-electron chi connectivity index (χ4n) is 4.45. The van der Waals surface area contributed by atoms with Crippen LogP contribution < -0.4 is 15.8 Å². The Morgan fingerprint density at radius 1 is 1.08 bits per heavy atom. The molecule has 0 radical (unpaired) electrons. The number of esters is 1. The lowest BCUT2D eigenvalue weighted by Crippen LogP contribution is -2.48. The van der Waals surface area contributed by atoms with Crippen molar-refractivity contribution in [3.63, 3.8) is 0 Å². The number of nitrogens with zero attached hydrogens (tertiary/aromatic N) is 2. The van der Waals surface area contributed by atoms with Crippen LogP contribution in [0.3, 0.4) is 0 Å². The van der Waals surface area contributed by atoms with E-state index in [-0.39, 0.29) is 24.0 Å². The Kier molecular flexibility index (Phi) is 9.44. The van der Waals surface area contributed by atoms with Crippen LogP contribution in [0.2, 0.25) is 0 Å². The number of primary amides is 1. The molecule has 2 aliphatic heterocycles. The molecule has 2 heterocycles. The van der Waals surface area contributed by atoms with E-state index in [9.17, 15) is 19.2 Å². The van der Waals surface area contributed by atoms with E-state index in [0.29, 0.717) is 12.4 Å². The summed E-state index contributed by atoms with van der Waals surface area (Å²) in [6, 6.07) is 3.56. The standard InChI is InChI=1S/C26H38N4O6/c1-26(2,3)36-21(31)11-10-19(23(27)32)30-24(33)18-8-7-9-20(22(18)25(30)34)35-17-6-4-5-14-29-15-12-28-13-16-29/h7-9,19,28H,4-6,10-17H2,1-3H3,(H2,27,32)/t19-/m0/s1. The summed E-state index contributed by atoms with van der Waals surface area (Å²) >= 11 is 0. The molecule has 0 saturated carbocycles. The zero-order valence-electron chi connectivity index (χ0n) is 21.5. The van der Waals surface area contributed by atoms with Gasteiger partial charge >= 0.3 is 5.97 Å². The number of hydrogen-bond donors (Lipinski definition) is 2. The molecule has 1 aromatic carbocycles. The van der Waals surface area contributed by atoms with E-state index < -0.39 is 35.3 Å². The highest BCUT2D eigenvalue weighted by molar-refractivity contribution is 6.24. The molecule has 0 aromatic heterocycles. The summed E-state index contributed by atoms with van der Waals surface area (Å²) in [6.45, 7) is 10.9. The summed E-state index contributed by atoms with van der Waals surface area (Å²) in [4.78, 5) is 53.9. The van der Waals surface area contributed by atoms with Crippen molar-refractivity contribution in [1.82, 2.24) is 15.1 Å². The molecule has 10 heteroatoms. The van der Waals surface area contributed by atoms with Gasteiger partial charge in [0, 0.05) is 32.6 Å². The van der Waals surface area contributed by atoms with Crippen LogP contribution in [0.25, 0.3) is 0 Å². The van der Waals surface area contributed by atoms with Crippen LogP contribution >= 0.6 is 0 Å². The van der Waals surface area contributed by atoms with E-state index in [0.717, 1.165) is 56.9 Å². The molecule has 198 valence electrons. The van der Waals surface area contributed by atoms with Gasteiger partial charge in [0.1, 0.15) is 17.4 Å². The zero-order valence-corrected chi connectivity index (χ0v) is 21.5. The molecule has 0 spiro atoms. The van der Waals surface area contributed by atoms with Crippen LogP contribution in [0.4, 0.5) is 0 Å². The predicted octanol–water partition coefficient (Wildman–Crippen LogP) is 1.71. The molecule has 1 atom stereocenters. The van der Waals surface area contributed by atoms with Gasteiger partial charge in [-0.15, -0.1) is 0 Å². The Morgan fingerprint density at radius 2 is 1.81 bits per heavy atom. The van der Waals surface area contributed by atoms with Crippen molar-refractivity contribution in [3.8, 4) is 5.75 Å². The number of unbranched alkanes of at least 4 members (excludes halogenated alkanes) is 2. The lowest BCUT2D eigenvalue weighted by molar-refractivity contribution is -0.155. The molecule has 3 N–H and O–H groups in total. The van der Waals surface area contributed by atoms with Crippen LogP contribution in [-0.4, -0.2) is 84.5 Å². The van der Waals surface area contributed by atoms with Gasteiger partial charge in [-0.1, -0.05) is 6.07 Å². The monoisotopic (exact) mass is 502 g/mol. The minimum Gasteiger partial charge on any atom is -0.493 e. The van der Waals surface area contributed by atoms with Crippen molar-refractivity contribution in [3.05, 3.63) is 29.3 Å².